The van der Waals surface area contributed by atoms with Gasteiger partial charge in [0.05, 0.1) is 13.2 Å². The largest absolute Gasteiger partial charge is 0.494 e. The van der Waals surface area contributed by atoms with Gasteiger partial charge in [-0.25, -0.2) is 0 Å². The van der Waals surface area contributed by atoms with Crippen LogP contribution >= 0.6 is 0 Å². The quantitative estimate of drug-likeness (QED) is 0.684. The van der Waals surface area contributed by atoms with Crippen molar-refractivity contribution in [1.82, 2.24) is 0 Å². The minimum absolute atomic E-state index is 0.0320. The van der Waals surface area contributed by atoms with Gasteiger partial charge in [0, 0.05) is 5.54 Å². The molecule has 0 amide bonds. The monoisotopic (exact) mass is 293 g/mol. The van der Waals surface area contributed by atoms with Crippen LogP contribution in [0.3, 0.4) is 0 Å². The molecule has 1 aromatic carbocycles. The van der Waals surface area contributed by atoms with Crippen LogP contribution in [0.2, 0.25) is 0 Å². The standard InChI is InChI=1S/C18H31NO2/c1-5-17(3,4)15-8-10-16(11-9-15)21-13-7-12-18(19,6-2)14-20/h8-11,20H,5-7,12-14,19H2,1-4H3. The Hall–Kier alpha value is -1.06. The van der Waals surface area contributed by atoms with Crippen LogP contribution in [0, 0.1) is 0 Å². The van der Waals surface area contributed by atoms with Gasteiger partial charge in [-0.15, -0.1) is 0 Å². The number of aliphatic hydroxyl groups excluding tert-OH is 1. The summed E-state index contributed by atoms with van der Waals surface area (Å²) in [6.45, 7) is 9.39. The number of hydrogen-bond donors (Lipinski definition) is 2. The lowest BCUT2D eigenvalue weighted by atomic mass is 9.82. The van der Waals surface area contributed by atoms with Crippen molar-refractivity contribution < 1.29 is 9.84 Å². The molecule has 0 spiro atoms. The van der Waals surface area contributed by atoms with Gasteiger partial charge in [0.1, 0.15) is 5.75 Å². The molecule has 3 heteroatoms. The van der Waals surface area contributed by atoms with Gasteiger partial charge in [0.2, 0.25) is 0 Å². The van der Waals surface area contributed by atoms with Gasteiger partial charge in [-0.05, 0) is 48.8 Å². The van der Waals surface area contributed by atoms with Crippen LogP contribution in [0.15, 0.2) is 24.3 Å². The van der Waals surface area contributed by atoms with Crippen LogP contribution in [-0.4, -0.2) is 23.9 Å². The van der Waals surface area contributed by atoms with Crippen LogP contribution in [0.25, 0.3) is 0 Å². The van der Waals surface area contributed by atoms with Crippen LogP contribution in [0.5, 0.6) is 5.75 Å². The van der Waals surface area contributed by atoms with Crippen LogP contribution in [0.4, 0.5) is 0 Å². The van der Waals surface area contributed by atoms with Gasteiger partial charge < -0.3 is 15.6 Å². The van der Waals surface area contributed by atoms with E-state index in [1.54, 1.807) is 0 Å². The fraction of sp³-hybridized carbons (Fsp3) is 0.667. The maximum Gasteiger partial charge on any atom is 0.119 e. The highest BCUT2D eigenvalue weighted by molar-refractivity contribution is 5.31. The van der Waals surface area contributed by atoms with E-state index in [-0.39, 0.29) is 12.0 Å². The maximum atomic E-state index is 9.27. The third kappa shape index (κ3) is 5.33. The Labute approximate surface area is 129 Å². The molecule has 1 rings (SSSR count). The van der Waals surface area contributed by atoms with Gasteiger partial charge >= 0.3 is 0 Å². The van der Waals surface area contributed by atoms with E-state index in [1.807, 2.05) is 19.1 Å². The Morgan fingerprint density at radius 2 is 1.71 bits per heavy atom. The fourth-order valence-electron chi connectivity index (χ4n) is 2.19. The Balaban J connectivity index is 2.44. The molecule has 21 heavy (non-hydrogen) atoms. The Morgan fingerprint density at radius 3 is 2.19 bits per heavy atom. The molecular formula is C18H31NO2. The van der Waals surface area contributed by atoms with Crippen molar-refractivity contribution >= 4 is 0 Å². The molecule has 0 saturated heterocycles. The molecule has 0 bridgehead atoms. The van der Waals surface area contributed by atoms with Crippen LogP contribution < -0.4 is 10.5 Å². The Kier molecular flexibility index (Phi) is 6.69. The molecule has 1 unspecified atom stereocenters. The number of nitrogens with two attached hydrogens (primary N) is 1. The lowest BCUT2D eigenvalue weighted by Gasteiger charge is -2.25. The fourth-order valence-corrected chi connectivity index (χ4v) is 2.19. The summed E-state index contributed by atoms with van der Waals surface area (Å²) in [5.41, 5.74) is 7.14. The van der Waals surface area contributed by atoms with Crippen molar-refractivity contribution in [3.63, 3.8) is 0 Å². The number of benzene rings is 1. The summed E-state index contributed by atoms with van der Waals surface area (Å²) in [6.07, 6.45) is 3.53. The van der Waals surface area contributed by atoms with Crippen molar-refractivity contribution in [2.24, 2.45) is 5.73 Å². The van der Waals surface area contributed by atoms with Crippen molar-refractivity contribution in [3.05, 3.63) is 29.8 Å². The van der Waals surface area contributed by atoms with Crippen molar-refractivity contribution in [1.29, 1.82) is 0 Å². The van der Waals surface area contributed by atoms with Gasteiger partial charge in [-0.1, -0.05) is 39.8 Å². The second kappa shape index (κ2) is 7.81. The van der Waals surface area contributed by atoms with E-state index in [0.717, 1.165) is 31.4 Å². The van der Waals surface area contributed by atoms with Crippen molar-refractivity contribution in [3.8, 4) is 5.75 Å². The molecule has 0 aliphatic heterocycles. The summed E-state index contributed by atoms with van der Waals surface area (Å²) in [5.74, 6) is 0.897. The topological polar surface area (TPSA) is 55.5 Å². The summed E-state index contributed by atoms with van der Waals surface area (Å²) in [7, 11) is 0. The molecule has 0 aliphatic carbocycles. The third-order valence-electron chi connectivity index (χ3n) is 4.63. The first kappa shape index (κ1) is 18.0. The Morgan fingerprint density at radius 1 is 1.10 bits per heavy atom. The maximum absolute atomic E-state index is 9.27. The van der Waals surface area contributed by atoms with Crippen LogP contribution in [0.1, 0.15) is 58.9 Å². The van der Waals surface area contributed by atoms with E-state index in [2.05, 4.69) is 32.9 Å². The number of aliphatic hydroxyl groups is 1. The minimum Gasteiger partial charge on any atom is -0.494 e. The van der Waals surface area contributed by atoms with Crippen molar-refractivity contribution in [2.45, 2.75) is 64.3 Å². The second-order valence-electron chi connectivity index (χ2n) is 6.59. The zero-order chi connectivity index (χ0) is 15.9. The first-order valence-corrected chi connectivity index (χ1v) is 8.00. The SMILES string of the molecule is CCC(N)(CO)CCCOc1ccc(C(C)(C)CC)cc1. The highest BCUT2D eigenvalue weighted by Gasteiger charge is 2.21. The van der Waals surface area contributed by atoms with E-state index in [4.69, 9.17) is 10.5 Å². The Bertz CT molecular complexity index is 408. The minimum atomic E-state index is -0.460. The molecule has 0 saturated carbocycles. The highest BCUT2D eigenvalue weighted by atomic mass is 16.5. The van der Waals surface area contributed by atoms with Gasteiger partial charge in [-0.2, -0.15) is 0 Å². The molecule has 1 atom stereocenters. The molecule has 120 valence electrons. The van der Waals surface area contributed by atoms with E-state index >= 15 is 0 Å². The molecule has 0 fully saturated rings. The summed E-state index contributed by atoms with van der Waals surface area (Å²) in [5, 5.41) is 9.27. The lowest BCUT2D eigenvalue weighted by Crippen LogP contribution is -2.43. The van der Waals surface area contributed by atoms with E-state index in [0.29, 0.717) is 6.61 Å². The van der Waals surface area contributed by atoms with Crippen LogP contribution in [-0.2, 0) is 5.41 Å². The molecule has 0 radical (unpaired) electrons. The molecule has 0 aromatic heterocycles. The summed E-state index contributed by atoms with van der Waals surface area (Å²) in [4.78, 5) is 0. The molecule has 1 aromatic rings. The molecule has 3 nitrogen and oxygen atoms in total. The number of rotatable bonds is 9. The zero-order valence-electron chi connectivity index (χ0n) is 14.0. The number of hydrogen-bond acceptors (Lipinski definition) is 3. The summed E-state index contributed by atoms with van der Waals surface area (Å²) < 4.78 is 5.75. The zero-order valence-corrected chi connectivity index (χ0v) is 14.0. The van der Waals surface area contributed by atoms with Crippen molar-refractivity contribution in [2.75, 3.05) is 13.2 Å². The smallest absolute Gasteiger partial charge is 0.119 e. The average Bonchev–Trinajstić information content (AvgIpc) is 2.51. The predicted octanol–water partition coefficient (Wildman–Crippen LogP) is 3.63. The first-order chi connectivity index (χ1) is 9.87. The molecular weight excluding hydrogens is 262 g/mol. The first-order valence-electron chi connectivity index (χ1n) is 8.00. The van der Waals surface area contributed by atoms with E-state index in [9.17, 15) is 5.11 Å². The molecule has 0 aliphatic rings. The third-order valence-corrected chi connectivity index (χ3v) is 4.63. The average molecular weight is 293 g/mol. The van der Waals surface area contributed by atoms with Gasteiger partial charge in [0.25, 0.3) is 0 Å². The highest BCUT2D eigenvalue weighted by Crippen LogP contribution is 2.28. The van der Waals surface area contributed by atoms with E-state index < -0.39 is 5.54 Å². The predicted molar refractivity (Wildman–Crippen MR) is 88.8 cm³/mol. The lowest BCUT2D eigenvalue weighted by molar-refractivity contribution is 0.171. The van der Waals surface area contributed by atoms with E-state index in [1.165, 1.54) is 5.56 Å². The summed E-state index contributed by atoms with van der Waals surface area (Å²) in [6, 6.07) is 8.36. The molecule has 0 heterocycles. The number of ether oxygens (including phenoxy) is 1. The second-order valence-corrected chi connectivity index (χ2v) is 6.59. The summed E-state index contributed by atoms with van der Waals surface area (Å²) >= 11 is 0. The molecule has 3 N–H and O–H groups in total. The normalized spacial score (nSPS) is 14.8. The van der Waals surface area contributed by atoms with Gasteiger partial charge in [-0.3, -0.25) is 0 Å². The van der Waals surface area contributed by atoms with Gasteiger partial charge in [0.15, 0.2) is 0 Å².